The summed E-state index contributed by atoms with van der Waals surface area (Å²) in [7, 11) is 0. The van der Waals surface area contributed by atoms with Crippen molar-refractivity contribution in [1.29, 1.82) is 0 Å². The second-order valence-electron chi connectivity index (χ2n) is 7.22. The van der Waals surface area contributed by atoms with Gasteiger partial charge in [0, 0.05) is 12.6 Å². The zero-order valence-corrected chi connectivity index (χ0v) is 16.6. The molecule has 0 unspecified atom stereocenters. The van der Waals surface area contributed by atoms with Gasteiger partial charge in [-0.1, -0.05) is 42.5 Å². The number of nitrogens with zero attached hydrogens (tertiary/aromatic N) is 1. The van der Waals surface area contributed by atoms with Crippen molar-refractivity contribution in [2.45, 2.75) is 57.9 Å². The molecule has 0 saturated heterocycles. The van der Waals surface area contributed by atoms with E-state index < -0.39 is 0 Å². The molecule has 150 valence electrons. The van der Waals surface area contributed by atoms with E-state index in [1.807, 2.05) is 42.5 Å². The second-order valence-corrected chi connectivity index (χ2v) is 7.22. The molecule has 0 atom stereocenters. The Morgan fingerprint density at radius 2 is 1.68 bits per heavy atom. The second kappa shape index (κ2) is 10.7. The summed E-state index contributed by atoms with van der Waals surface area (Å²) in [6, 6.07) is 18.5. The first kappa shape index (κ1) is 20.2. The van der Waals surface area contributed by atoms with Gasteiger partial charge in [-0.2, -0.15) is 0 Å². The number of nitrogens with one attached hydrogen (secondary N) is 2. The van der Waals surface area contributed by atoms with Crippen molar-refractivity contribution in [2.24, 2.45) is 4.99 Å². The quantitative estimate of drug-likeness (QED) is 0.506. The predicted molar refractivity (Wildman–Crippen MR) is 113 cm³/mol. The van der Waals surface area contributed by atoms with E-state index in [1.54, 1.807) is 0 Å². The van der Waals surface area contributed by atoms with Crippen molar-refractivity contribution < 1.29 is 9.84 Å². The summed E-state index contributed by atoms with van der Waals surface area (Å²) >= 11 is 0. The van der Waals surface area contributed by atoms with Gasteiger partial charge in [-0.3, -0.25) is 0 Å². The molecule has 2 aromatic rings. The third-order valence-electron chi connectivity index (χ3n) is 5.05. The molecule has 5 nitrogen and oxygen atoms in total. The number of hydrogen-bond donors (Lipinski definition) is 3. The Balaban J connectivity index is 1.62. The lowest BCUT2D eigenvalue weighted by molar-refractivity contribution is 0.120. The molecule has 1 aliphatic rings. The van der Waals surface area contributed by atoms with E-state index in [9.17, 15) is 5.11 Å². The van der Waals surface area contributed by atoms with Gasteiger partial charge in [0.1, 0.15) is 12.4 Å². The van der Waals surface area contributed by atoms with Gasteiger partial charge in [-0.05, 0) is 55.9 Å². The molecule has 2 aromatic carbocycles. The number of guanidine groups is 1. The number of benzene rings is 2. The fraction of sp³-hybridized carbons (Fsp3) is 0.435. The van der Waals surface area contributed by atoms with Crippen molar-refractivity contribution in [1.82, 2.24) is 10.6 Å². The first-order valence-corrected chi connectivity index (χ1v) is 10.2. The summed E-state index contributed by atoms with van der Waals surface area (Å²) in [5, 5.41) is 16.5. The normalized spacial score (nSPS) is 19.9. The molecule has 0 bridgehead atoms. The van der Waals surface area contributed by atoms with Crippen LogP contribution >= 0.6 is 0 Å². The maximum atomic E-state index is 9.69. The molecule has 28 heavy (non-hydrogen) atoms. The molecule has 1 fully saturated rings. The Labute approximate surface area is 167 Å². The van der Waals surface area contributed by atoms with E-state index in [2.05, 4.69) is 29.7 Å². The van der Waals surface area contributed by atoms with Crippen LogP contribution in [0.2, 0.25) is 0 Å². The molecular weight excluding hydrogens is 350 g/mol. The zero-order chi connectivity index (χ0) is 19.6. The molecule has 0 spiro atoms. The van der Waals surface area contributed by atoms with Gasteiger partial charge < -0.3 is 20.5 Å². The van der Waals surface area contributed by atoms with E-state index >= 15 is 0 Å². The minimum Gasteiger partial charge on any atom is -0.489 e. The third-order valence-corrected chi connectivity index (χ3v) is 5.05. The van der Waals surface area contributed by atoms with Gasteiger partial charge in [0.25, 0.3) is 0 Å². The SMILES string of the molecule is CCNC(=NCc1ccccc1COc1ccccc1)NC1CCC(O)CC1. The zero-order valence-electron chi connectivity index (χ0n) is 16.6. The van der Waals surface area contributed by atoms with Crippen LogP contribution in [0.1, 0.15) is 43.7 Å². The van der Waals surface area contributed by atoms with Crippen LogP contribution in [0.4, 0.5) is 0 Å². The van der Waals surface area contributed by atoms with Gasteiger partial charge in [0.2, 0.25) is 0 Å². The molecule has 3 N–H and O–H groups in total. The van der Waals surface area contributed by atoms with E-state index in [1.165, 1.54) is 0 Å². The van der Waals surface area contributed by atoms with Gasteiger partial charge in [0.05, 0.1) is 12.6 Å². The molecule has 0 heterocycles. The monoisotopic (exact) mass is 381 g/mol. The van der Waals surface area contributed by atoms with Crippen molar-refractivity contribution >= 4 is 5.96 Å². The molecular formula is C23H31N3O2. The van der Waals surface area contributed by atoms with Gasteiger partial charge in [-0.25, -0.2) is 4.99 Å². The van der Waals surface area contributed by atoms with E-state index in [4.69, 9.17) is 9.73 Å². The molecule has 0 amide bonds. The van der Waals surface area contributed by atoms with E-state index in [0.29, 0.717) is 19.2 Å². The van der Waals surface area contributed by atoms with Crippen molar-refractivity contribution in [3.05, 3.63) is 65.7 Å². The molecule has 5 heteroatoms. The Hall–Kier alpha value is -2.53. The van der Waals surface area contributed by atoms with Crippen LogP contribution in [0.15, 0.2) is 59.6 Å². The third kappa shape index (κ3) is 6.27. The van der Waals surface area contributed by atoms with E-state index in [-0.39, 0.29) is 6.10 Å². The molecule has 3 rings (SSSR count). The van der Waals surface area contributed by atoms with Crippen LogP contribution in [-0.4, -0.2) is 29.8 Å². The number of rotatable bonds is 7. The first-order chi connectivity index (χ1) is 13.7. The Morgan fingerprint density at radius 3 is 2.39 bits per heavy atom. The summed E-state index contributed by atoms with van der Waals surface area (Å²) in [5.74, 6) is 1.71. The molecule has 0 aromatic heterocycles. The highest BCUT2D eigenvalue weighted by Crippen LogP contribution is 2.18. The van der Waals surface area contributed by atoms with Crippen molar-refractivity contribution in [3.8, 4) is 5.75 Å². The summed E-state index contributed by atoms with van der Waals surface area (Å²) < 4.78 is 5.92. The predicted octanol–water partition coefficient (Wildman–Crippen LogP) is 3.62. The lowest BCUT2D eigenvalue weighted by atomic mass is 9.93. The van der Waals surface area contributed by atoms with Crippen LogP contribution < -0.4 is 15.4 Å². The van der Waals surface area contributed by atoms with Crippen LogP contribution in [0.25, 0.3) is 0 Å². The minimum atomic E-state index is -0.144. The Bertz CT molecular complexity index is 741. The lowest BCUT2D eigenvalue weighted by Crippen LogP contribution is -2.45. The summed E-state index contributed by atoms with van der Waals surface area (Å²) in [6.45, 7) is 4.02. The van der Waals surface area contributed by atoms with Gasteiger partial charge >= 0.3 is 0 Å². The number of aliphatic hydroxyl groups is 1. The van der Waals surface area contributed by atoms with Crippen LogP contribution in [0.3, 0.4) is 0 Å². The average Bonchev–Trinajstić information content (AvgIpc) is 2.73. The van der Waals surface area contributed by atoms with Crippen molar-refractivity contribution in [3.63, 3.8) is 0 Å². The number of para-hydroxylation sites is 1. The lowest BCUT2D eigenvalue weighted by Gasteiger charge is -2.27. The number of aliphatic hydroxyl groups excluding tert-OH is 1. The van der Waals surface area contributed by atoms with Crippen molar-refractivity contribution in [2.75, 3.05) is 6.54 Å². The number of aliphatic imine (C=N–C) groups is 1. The topological polar surface area (TPSA) is 65.9 Å². The standard InChI is InChI=1S/C23H31N3O2/c1-2-24-23(26-20-12-14-21(27)15-13-20)25-16-18-8-6-7-9-19(18)17-28-22-10-4-3-5-11-22/h3-11,20-21,27H,2,12-17H2,1H3,(H2,24,25,26). The fourth-order valence-electron chi connectivity index (χ4n) is 3.43. The molecule has 1 saturated carbocycles. The molecule has 0 aliphatic heterocycles. The largest absolute Gasteiger partial charge is 0.489 e. The highest BCUT2D eigenvalue weighted by Gasteiger charge is 2.20. The maximum Gasteiger partial charge on any atom is 0.191 e. The molecule has 0 radical (unpaired) electrons. The van der Waals surface area contributed by atoms with E-state index in [0.717, 1.165) is 55.1 Å². The summed E-state index contributed by atoms with van der Waals surface area (Å²) in [4.78, 5) is 4.79. The highest BCUT2D eigenvalue weighted by molar-refractivity contribution is 5.80. The van der Waals surface area contributed by atoms with Gasteiger partial charge in [0.15, 0.2) is 5.96 Å². The first-order valence-electron chi connectivity index (χ1n) is 10.2. The smallest absolute Gasteiger partial charge is 0.191 e. The Morgan fingerprint density at radius 1 is 1.00 bits per heavy atom. The maximum absolute atomic E-state index is 9.69. The summed E-state index contributed by atoms with van der Waals surface area (Å²) in [5.41, 5.74) is 2.31. The van der Waals surface area contributed by atoms with Crippen LogP contribution in [-0.2, 0) is 13.2 Å². The summed E-state index contributed by atoms with van der Waals surface area (Å²) in [6.07, 6.45) is 3.53. The Kier molecular flexibility index (Phi) is 7.73. The minimum absolute atomic E-state index is 0.144. The average molecular weight is 382 g/mol. The number of hydrogen-bond acceptors (Lipinski definition) is 3. The highest BCUT2D eigenvalue weighted by atomic mass is 16.5. The number of ether oxygens (including phenoxy) is 1. The molecule has 1 aliphatic carbocycles. The fourth-order valence-corrected chi connectivity index (χ4v) is 3.43. The van der Waals surface area contributed by atoms with Crippen LogP contribution in [0, 0.1) is 0 Å². The van der Waals surface area contributed by atoms with Crippen LogP contribution in [0.5, 0.6) is 5.75 Å². The van der Waals surface area contributed by atoms with Gasteiger partial charge in [-0.15, -0.1) is 0 Å².